The molecule has 10 heteroatoms. The summed E-state index contributed by atoms with van der Waals surface area (Å²) in [6.45, 7) is 16.3. The predicted molar refractivity (Wildman–Crippen MR) is 220 cm³/mol. The number of fused-ring (bicyclic) bond motifs is 8. The maximum absolute atomic E-state index is 11.8. The zero-order chi connectivity index (χ0) is 40.1. The highest BCUT2D eigenvalue weighted by molar-refractivity contribution is 9.11. The number of benzene rings is 4. The van der Waals surface area contributed by atoms with Gasteiger partial charge >= 0.3 is 0 Å². The van der Waals surface area contributed by atoms with Crippen LogP contribution in [0.5, 0.6) is 46.0 Å². The average Bonchev–Trinajstić information content (AvgIpc) is 3.06. The molecule has 292 valence electrons. The van der Waals surface area contributed by atoms with E-state index in [0.29, 0.717) is 70.2 Å². The summed E-state index contributed by atoms with van der Waals surface area (Å²) in [5.74, 6) is -3.68. The summed E-state index contributed by atoms with van der Waals surface area (Å²) in [4.78, 5) is 0. The fraction of sp³-hybridized carbons (Fsp3) is 0.455. The molecule has 8 N–H and O–H groups in total. The van der Waals surface area contributed by atoms with Crippen molar-refractivity contribution in [2.45, 2.75) is 105 Å². The van der Waals surface area contributed by atoms with Crippen LogP contribution < -0.4 is 0 Å². The standard InChI is InChI=1S/C44H54Br2O8/c1-19(2)9-23-27-13-28(36(48)17-35(27)47)24(10-20(3)4)33-16-34(44(54)40(46)43(33)53)26(12-22(7)8)30-14-29(37(49)18-38(30)50)25(11-21(5)6)32-15-31(23)41(51)39(45)42(32)52/h13-26,47-54H,9-12H2,1-8H3/t23-,24+,25+,26-. The fourth-order valence-corrected chi connectivity index (χ4v) is 9.23. The lowest BCUT2D eigenvalue weighted by Gasteiger charge is -2.31. The summed E-state index contributed by atoms with van der Waals surface area (Å²) in [6.07, 6.45) is 1.88. The summed E-state index contributed by atoms with van der Waals surface area (Å²) in [5, 5.41) is 93.5. The van der Waals surface area contributed by atoms with Gasteiger partial charge in [-0.05, 0) is 105 Å². The van der Waals surface area contributed by atoms with Gasteiger partial charge < -0.3 is 40.9 Å². The van der Waals surface area contributed by atoms with Gasteiger partial charge in [-0.15, -0.1) is 0 Å². The molecule has 0 spiro atoms. The molecule has 54 heavy (non-hydrogen) atoms. The van der Waals surface area contributed by atoms with Gasteiger partial charge in [0.2, 0.25) is 0 Å². The van der Waals surface area contributed by atoms with Crippen molar-refractivity contribution in [1.29, 1.82) is 0 Å². The minimum atomic E-state index is -0.623. The highest BCUT2D eigenvalue weighted by Crippen LogP contribution is 2.55. The fourth-order valence-electron chi connectivity index (χ4n) is 8.31. The summed E-state index contributed by atoms with van der Waals surface area (Å²) >= 11 is 6.95. The molecule has 0 amide bonds. The van der Waals surface area contributed by atoms with Crippen LogP contribution in [0.2, 0.25) is 0 Å². The number of phenolic OH excluding ortho intramolecular Hbond substituents is 8. The summed E-state index contributed by atoms with van der Waals surface area (Å²) in [7, 11) is 0. The molecule has 0 unspecified atom stereocenters. The molecule has 4 aromatic carbocycles. The Balaban J connectivity index is 2.05. The molecule has 0 radical (unpaired) electrons. The third-order valence-corrected chi connectivity index (χ3v) is 12.2. The van der Waals surface area contributed by atoms with Crippen LogP contribution in [0.1, 0.15) is 149 Å². The molecule has 0 aliphatic heterocycles. The molecular formula is C44H54Br2O8. The van der Waals surface area contributed by atoms with Gasteiger partial charge in [0.25, 0.3) is 0 Å². The third kappa shape index (κ3) is 7.97. The van der Waals surface area contributed by atoms with E-state index in [-0.39, 0.29) is 78.6 Å². The van der Waals surface area contributed by atoms with Gasteiger partial charge in [0.1, 0.15) is 54.9 Å². The van der Waals surface area contributed by atoms with Crippen molar-refractivity contribution >= 4 is 31.9 Å². The van der Waals surface area contributed by atoms with E-state index in [2.05, 4.69) is 31.9 Å². The summed E-state index contributed by atoms with van der Waals surface area (Å²) in [6, 6.07) is 9.59. The number of halogens is 2. The van der Waals surface area contributed by atoms with E-state index in [1.807, 2.05) is 55.4 Å². The monoisotopic (exact) mass is 868 g/mol. The van der Waals surface area contributed by atoms with Crippen molar-refractivity contribution in [1.82, 2.24) is 0 Å². The van der Waals surface area contributed by atoms with Crippen LogP contribution in [0.25, 0.3) is 0 Å². The smallest absolute Gasteiger partial charge is 0.137 e. The zero-order valence-corrected chi connectivity index (χ0v) is 35.4. The van der Waals surface area contributed by atoms with E-state index in [1.165, 1.54) is 12.1 Å². The first-order chi connectivity index (χ1) is 25.2. The Morgan fingerprint density at radius 2 is 0.537 bits per heavy atom. The largest absolute Gasteiger partial charge is 0.508 e. The van der Waals surface area contributed by atoms with Gasteiger partial charge in [-0.25, -0.2) is 0 Å². The molecule has 0 fully saturated rings. The Bertz CT molecular complexity index is 1760. The van der Waals surface area contributed by atoms with Gasteiger partial charge in [0.15, 0.2) is 0 Å². The zero-order valence-electron chi connectivity index (χ0n) is 32.2. The molecule has 1 aliphatic carbocycles. The number of hydrogen-bond donors (Lipinski definition) is 8. The van der Waals surface area contributed by atoms with E-state index >= 15 is 0 Å². The van der Waals surface area contributed by atoms with E-state index < -0.39 is 23.7 Å². The molecule has 8 bridgehead atoms. The van der Waals surface area contributed by atoms with E-state index in [9.17, 15) is 40.9 Å². The van der Waals surface area contributed by atoms with Gasteiger partial charge in [-0.1, -0.05) is 55.4 Å². The Kier molecular flexibility index (Phi) is 12.4. The van der Waals surface area contributed by atoms with Crippen molar-refractivity contribution in [3.8, 4) is 46.0 Å². The van der Waals surface area contributed by atoms with Crippen molar-refractivity contribution in [2.75, 3.05) is 0 Å². The summed E-state index contributed by atoms with van der Waals surface area (Å²) < 4.78 is 0.140. The quantitative estimate of drug-likeness (QED) is 0.0868. The lowest BCUT2D eigenvalue weighted by atomic mass is 9.75. The Labute approximate surface area is 335 Å². The Hall–Kier alpha value is -3.76. The molecule has 0 heterocycles. The van der Waals surface area contributed by atoms with Crippen molar-refractivity contribution in [3.63, 3.8) is 0 Å². The van der Waals surface area contributed by atoms with Crippen LogP contribution in [-0.4, -0.2) is 40.9 Å². The summed E-state index contributed by atoms with van der Waals surface area (Å²) in [5.41, 5.74) is 3.53. The Morgan fingerprint density at radius 3 is 0.722 bits per heavy atom. The molecule has 5 rings (SSSR count). The number of rotatable bonds is 8. The lowest BCUT2D eigenvalue weighted by molar-refractivity contribution is 0.409. The first kappa shape index (κ1) is 41.4. The molecule has 4 aromatic rings. The third-order valence-electron chi connectivity index (χ3n) is 10.7. The molecule has 1 aliphatic rings. The molecule has 8 nitrogen and oxygen atoms in total. The normalized spacial score (nSPS) is 18.6. The van der Waals surface area contributed by atoms with Crippen LogP contribution in [0.15, 0.2) is 45.3 Å². The number of hydrogen-bond acceptors (Lipinski definition) is 8. The van der Waals surface area contributed by atoms with E-state index in [0.717, 1.165) is 0 Å². The van der Waals surface area contributed by atoms with Crippen LogP contribution >= 0.6 is 31.9 Å². The predicted octanol–water partition coefficient (Wildman–Crippen LogP) is 11.9. The number of aromatic hydroxyl groups is 8. The lowest BCUT2D eigenvalue weighted by Crippen LogP contribution is -2.14. The second-order valence-corrected chi connectivity index (χ2v) is 18.4. The topological polar surface area (TPSA) is 162 Å². The van der Waals surface area contributed by atoms with Crippen LogP contribution in [0, 0.1) is 23.7 Å². The maximum atomic E-state index is 11.8. The first-order valence-corrected chi connectivity index (χ1v) is 20.4. The van der Waals surface area contributed by atoms with Crippen molar-refractivity contribution in [2.24, 2.45) is 23.7 Å². The van der Waals surface area contributed by atoms with Gasteiger partial charge in [0.05, 0.1) is 0 Å². The average molecular weight is 871 g/mol. The van der Waals surface area contributed by atoms with Gasteiger partial charge in [-0.3, -0.25) is 0 Å². The Morgan fingerprint density at radius 1 is 0.352 bits per heavy atom. The SMILES string of the molecule is CC(C)C[C@@H]1c2cc(c(O)cc2O)[C@H](CC(C)C)c2cc(c(O)c(Br)c2O)[C@H](CC(C)C)c2cc(c(O)cc2O)[C@H](CC(C)C)c2cc1c(O)c(Br)c2O. The van der Waals surface area contributed by atoms with Crippen molar-refractivity contribution in [3.05, 3.63) is 89.9 Å². The highest BCUT2D eigenvalue weighted by atomic mass is 79.9. The van der Waals surface area contributed by atoms with E-state index in [1.54, 1.807) is 24.3 Å². The van der Waals surface area contributed by atoms with Crippen LogP contribution in [-0.2, 0) is 0 Å². The highest BCUT2D eigenvalue weighted by Gasteiger charge is 2.35. The van der Waals surface area contributed by atoms with Crippen LogP contribution in [0.3, 0.4) is 0 Å². The van der Waals surface area contributed by atoms with Gasteiger partial charge in [0, 0.05) is 80.3 Å². The molecule has 4 atom stereocenters. The first-order valence-electron chi connectivity index (χ1n) is 18.8. The minimum Gasteiger partial charge on any atom is -0.508 e. The van der Waals surface area contributed by atoms with E-state index in [4.69, 9.17) is 0 Å². The molecule has 0 saturated carbocycles. The number of phenols is 8. The molecule has 0 saturated heterocycles. The van der Waals surface area contributed by atoms with Crippen molar-refractivity contribution < 1.29 is 40.9 Å². The molecule has 0 aromatic heterocycles. The van der Waals surface area contributed by atoms with Gasteiger partial charge in [-0.2, -0.15) is 0 Å². The maximum Gasteiger partial charge on any atom is 0.137 e. The van der Waals surface area contributed by atoms with Crippen LogP contribution in [0.4, 0.5) is 0 Å². The molecular weight excluding hydrogens is 816 g/mol. The minimum absolute atomic E-state index is 0.0701. The second-order valence-electron chi connectivity index (χ2n) is 16.8. The second kappa shape index (κ2) is 16.1.